The van der Waals surface area contributed by atoms with E-state index in [-0.39, 0.29) is 18.5 Å². The molecule has 0 spiro atoms. The molecule has 1 fully saturated rings. The smallest absolute Gasteiger partial charge is 0.231 e. The first-order chi connectivity index (χ1) is 12.0. The average molecular weight is 370 g/mol. The maximum absolute atomic E-state index is 12.4. The van der Waals surface area contributed by atoms with E-state index in [2.05, 4.69) is 0 Å². The number of carbonyl (C=O) groups is 1. The number of piperazine rings is 1. The van der Waals surface area contributed by atoms with Gasteiger partial charge in [0, 0.05) is 39.2 Å². The van der Waals surface area contributed by atoms with Gasteiger partial charge in [0.15, 0.2) is 11.5 Å². The quantitative estimate of drug-likeness (QED) is 0.685. The Morgan fingerprint density at radius 1 is 1.16 bits per heavy atom. The highest BCUT2D eigenvalue weighted by Crippen LogP contribution is 2.35. The molecular weight excluding hydrogens is 348 g/mol. The lowest BCUT2D eigenvalue weighted by atomic mass is 10.3. The lowest BCUT2D eigenvalue weighted by Crippen LogP contribution is -2.50. The Labute approximate surface area is 147 Å². The van der Waals surface area contributed by atoms with E-state index in [1.165, 1.54) is 11.2 Å². The van der Waals surface area contributed by atoms with Gasteiger partial charge in [-0.15, -0.1) is 0 Å². The lowest BCUT2D eigenvalue weighted by Gasteiger charge is -2.33. The normalized spacial score (nSPS) is 17.6. The Kier molecular flexibility index (Phi) is 5.33. The zero-order valence-corrected chi connectivity index (χ0v) is 15.0. The summed E-state index contributed by atoms with van der Waals surface area (Å²) in [5.41, 5.74) is 0. The fraction of sp³-hybridized carbons (Fsp3) is 0.562. The second-order valence-electron chi connectivity index (χ2n) is 5.94. The van der Waals surface area contributed by atoms with Gasteiger partial charge in [-0.2, -0.15) is 4.31 Å². The minimum Gasteiger partial charge on any atom is -0.493 e. The Morgan fingerprint density at radius 2 is 1.88 bits per heavy atom. The molecule has 0 unspecified atom stereocenters. The van der Waals surface area contributed by atoms with Crippen molar-refractivity contribution >= 4 is 15.9 Å². The molecule has 0 aliphatic carbocycles. The van der Waals surface area contributed by atoms with Crippen LogP contribution in [0.4, 0.5) is 0 Å². The first-order valence-electron chi connectivity index (χ1n) is 8.21. The lowest BCUT2D eigenvalue weighted by molar-refractivity contribution is -0.129. The fourth-order valence-corrected chi connectivity index (χ4v) is 4.27. The highest BCUT2D eigenvalue weighted by Gasteiger charge is 2.27. The van der Waals surface area contributed by atoms with Crippen molar-refractivity contribution in [2.45, 2.75) is 13.3 Å². The van der Waals surface area contributed by atoms with Crippen LogP contribution in [0, 0.1) is 0 Å². The Hall–Kier alpha value is -2.00. The van der Waals surface area contributed by atoms with Crippen LogP contribution < -0.4 is 14.2 Å². The maximum atomic E-state index is 12.4. The number of ether oxygens (including phenoxy) is 3. The molecule has 1 aromatic carbocycles. The van der Waals surface area contributed by atoms with Gasteiger partial charge in [-0.1, -0.05) is 0 Å². The summed E-state index contributed by atoms with van der Waals surface area (Å²) >= 11 is 0. The van der Waals surface area contributed by atoms with E-state index in [0.717, 1.165) is 0 Å². The van der Waals surface area contributed by atoms with E-state index < -0.39 is 10.0 Å². The molecule has 9 heteroatoms. The summed E-state index contributed by atoms with van der Waals surface area (Å²) in [5.74, 6) is 1.94. The van der Waals surface area contributed by atoms with Crippen molar-refractivity contribution in [2.75, 3.05) is 45.3 Å². The number of carbonyl (C=O) groups excluding carboxylic acids is 1. The fourth-order valence-electron chi connectivity index (χ4n) is 2.81. The van der Waals surface area contributed by atoms with Crippen LogP contribution in [0.2, 0.25) is 0 Å². The molecule has 0 atom stereocenters. The number of hydrogen-bond donors (Lipinski definition) is 0. The molecule has 25 heavy (non-hydrogen) atoms. The molecule has 8 nitrogen and oxygen atoms in total. The molecule has 1 amide bonds. The number of benzene rings is 1. The standard InChI is InChI=1S/C16H22N2O6S/c1-13(19)17-5-7-18(8-6-17)25(20,21)10-2-9-22-14-3-4-15-16(11-14)24-12-23-15/h3-4,11H,2,5-10,12H2,1H3. The van der Waals surface area contributed by atoms with E-state index in [0.29, 0.717) is 56.5 Å². The number of nitrogens with zero attached hydrogens (tertiary/aromatic N) is 2. The summed E-state index contributed by atoms with van der Waals surface area (Å²) in [7, 11) is -3.33. The van der Waals surface area contributed by atoms with Crippen LogP contribution in [0.3, 0.4) is 0 Å². The van der Waals surface area contributed by atoms with Crippen molar-refractivity contribution in [1.82, 2.24) is 9.21 Å². The third-order valence-electron chi connectivity index (χ3n) is 4.24. The first kappa shape index (κ1) is 17.8. The minimum atomic E-state index is -3.33. The minimum absolute atomic E-state index is 0.0193. The summed E-state index contributed by atoms with van der Waals surface area (Å²) in [4.78, 5) is 13.0. The molecule has 2 aliphatic rings. The van der Waals surface area contributed by atoms with Gasteiger partial charge >= 0.3 is 0 Å². The number of hydrogen-bond acceptors (Lipinski definition) is 6. The van der Waals surface area contributed by atoms with Gasteiger partial charge < -0.3 is 19.1 Å². The molecule has 2 aliphatic heterocycles. The van der Waals surface area contributed by atoms with Crippen molar-refractivity contribution in [1.29, 1.82) is 0 Å². The number of amides is 1. The summed E-state index contributed by atoms with van der Waals surface area (Å²) < 4.78 is 42.3. The third-order valence-corrected chi connectivity index (χ3v) is 6.19. The maximum Gasteiger partial charge on any atom is 0.231 e. The Morgan fingerprint density at radius 3 is 2.60 bits per heavy atom. The largest absolute Gasteiger partial charge is 0.493 e. The van der Waals surface area contributed by atoms with Crippen LogP contribution in [0.25, 0.3) is 0 Å². The van der Waals surface area contributed by atoms with Crippen LogP contribution in [0.1, 0.15) is 13.3 Å². The van der Waals surface area contributed by atoms with Crippen LogP contribution in [-0.2, 0) is 14.8 Å². The molecule has 138 valence electrons. The van der Waals surface area contributed by atoms with E-state index >= 15 is 0 Å². The molecule has 2 heterocycles. The molecule has 0 saturated carbocycles. The third kappa shape index (κ3) is 4.35. The average Bonchev–Trinajstić information content (AvgIpc) is 3.06. The first-order valence-corrected chi connectivity index (χ1v) is 9.82. The Balaban J connectivity index is 1.43. The van der Waals surface area contributed by atoms with E-state index in [4.69, 9.17) is 14.2 Å². The zero-order chi connectivity index (χ0) is 17.9. The number of sulfonamides is 1. The molecule has 1 saturated heterocycles. The van der Waals surface area contributed by atoms with Crippen molar-refractivity contribution < 1.29 is 27.4 Å². The molecule has 1 aromatic rings. The number of fused-ring (bicyclic) bond motifs is 1. The van der Waals surface area contributed by atoms with Crippen molar-refractivity contribution in [2.24, 2.45) is 0 Å². The molecular formula is C16H22N2O6S. The van der Waals surface area contributed by atoms with Crippen molar-refractivity contribution in [3.05, 3.63) is 18.2 Å². The van der Waals surface area contributed by atoms with E-state index in [1.807, 2.05) is 0 Å². The molecule has 0 radical (unpaired) electrons. The van der Waals surface area contributed by atoms with Gasteiger partial charge in [0.2, 0.25) is 22.7 Å². The van der Waals surface area contributed by atoms with Crippen molar-refractivity contribution in [3.63, 3.8) is 0 Å². The predicted molar refractivity (Wildman–Crippen MR) is 90.3 cm³/mol. The molecule has 0 bridgehead atoms. The van der Waals surface area contributed by atoms with Gasteiger partial charge in [-0.3, -0.25) is 4.79 Å². The van der Waals surface area contributed by atoms with Crippen LogP contribution in [0.15, 0.2) is 18.2 Å². The van der Waals surface area contributed by atoms with Gasteiger partial charge in [-0.05, 0) is 18.6 Å². The highest BCUT2D eigenvalue weighted by atomic mass is 32.2. The van der Waals surface area contributed by atoms with Crippen molar-refractivity contribution in [3.8, 4) is 17.2 Å². The second kappa shape index (κ2) is 7.49. The molecule has 0 N–H and O–H groups in total. The molecule has 0 aromatic heterocycles. The van der Waals surface area contributed by atoms with Gasteiger partial charge in [-0.25, -0.2) is 8.42 Å². The Bertz CT molecular complexity index is 728. The summed E-state index contributed by atoms with van der Waals surface area (Å²) in [6.07, 6.45) is 0.393. The summed E-state index contributed by atoms with van der Waals surface area (Å²) in [5, 5.41) is 0. The van der Waals surface area contributed by atoms with Crippen LogP contribution in [-0.4, -0.2) is 68.9 Å². The van der Waals surface area contributed by atoms with Gasteiger partial charge in [0.25, 0.3) is 0 Å². The summed E-state index contributed by atoms with van der Waals surface area (Å²) in [6, 6.07) is 5.27. The van der Waals surface area contributed by atoms with Gasteiger partial charge in [0.1, 0.15) is 5.75 Å². The van der Waals surface area contributed by atoms with E-state index in [1.54, 1.807) is 23.1 Å². The van der Waals surface area contributed by atoms with Gasteiger partial charge in [0.05, 0.1) is 12.4 Å². The van der Waals surface area contributed by atoms with E-state index in [9.17, 15) is 13.2 Å². The SMILES string of the molecule is CC(=O)N1CCN(S(=O)(=O)CCCOc2ccc3c(c2)OCO3)CC1. The predicted octanol–water partition coefficient (Wildman–Crippen LogP) is 0.678. The monoisotopic (exact) mass is 370 g/mol. The van der Waals surface area contributed by atoms with Crippen LogP contribution in [0.5, 0.6) is 17.2 Å². The highest BCUT2D eigenvalue weighted by molar-refractivity contribution is 7.89. The zero-order valence-electron chi connectivity index (χ0n) is 14.1. The topological polar surface area (TPSA) is 85.4 Å². The number of rotatable bonds is 6. The molecule has 3 rings (SSSR count). The van der Waals surface area contributed by atoms with Crippen LogP contribution >= 0.6 is 0 Å². The summed E-state index contributed by atoms with van der Waals surface area (Å²) in [6.45, 7) is 3.60. The second-order valence-corrected chi connectivity index (χ2v) is 8.03.